The van der Waals surface area contributed by atoms with Gasteiger partial charge in [0.25, 0.3) is 0 Å². The summed E-state index contributed by atoms with van der Waals surface area (Å²) in [5, 5.41) is 4.10. The Balaban J connectivity index is 1.53. The van der Waals surface area contributed by atoms with Crippen LogP contribution in [0, 0.1) is 0 Å². The van der Waals surface area contributed by atoms with Gasteiger partial charge in [-0.3, -0.25) is 9.80 Å². The van der Waals surface area contributed by atoms with E-state index in [-0.39, 0.29) is 11.5 Å². The van der Waals surface area contributed by atoms with E-state index >= 15 is 0 Å². The van der Waals surface area contributed by atoms with Crippen molar-refractivity contribution in [3.05, 3.63) is 47.1 Å². The van der Waals surface area contributed by atoms with Gasteiger partial charge >= 0.3 is 6.18 Å². The molecule has 1 unspecified atom stereocenters. The number of alkyl halides is 3. The summed E-state index contributed by atoms with van der Waals surface area (Å²) >= 11 is 0. The highest BCUT2D eigenvalue weighted by Crippen LogP contribution is 2.29. The SMILES string of the molecule is CC(c1nc(C(C)(C)C)no1)N1CCN(Cc2ccc(C(F)(F)F)cc2)CC1. The number of rotatable bonds is 4. The molecular weight excluding hydrogens is 369 g/mol. The van der Waals surface area contributed by atoms with Crippen molar-refractivity contribution < 1.29 is 17.7 Å². The molecule has 1 aliphatic heterocycles. The van der Waals surface area contributed by atoms with Crippen LogP contribution in [0.25, 0.3) is 0 Å². The molecule has 0 amide bonds. The van der Waals surface area contributed by atoms with Crippen molar-refractivity contribution in [2.45, 2.75) is 51.9 Å². The number of benzene rings is 1. The van der Waals surface area contributed by atoms with Crippen molar-refractivity contribution in [2.24, 2.45) is 0 Å². The van der Waals surface area contributed by atoms with E-state index in [0.717, 1.165) is 43.9 Å². The van der Waals surface area contributed by atoms with Crippen LogP contribution in [0.5, 0.6) is 0 Å². The number of aromatic nitrogens is 2. The molecule has 1 aliphatic rings. The number of hydrogen-bond acceptors (Lipinski definition) is 5. The van der Waals surface area contributed by atoms with E-state index < -0.39 is 11.7 Å². The second kappa shape index (κ2) is 7.83. The number of piperazine rings is 1. The molecule has 8 heteroatoms. The molecule has 0 N–H and O–H groups in total. The number of nitrogens with zero attached hydrogens (tertiary/aromatic N) is 4. The molecule has 0 bridgehead atoms. The fourth-order valence-electron chi connectivity index (χ4n) is 3.23. The van der Waals surface area contributed by atoms with Gasteiger partial charge in [0.1, 0.15) is 0 Å². The predicted octanol–water partition coefficient (Wildman–Crippen LogP) is 4.26. The first-order valence-corrected chi connectivity index (χ1v) is 9.50. The summed E-state index contributed by atoms with van der Waals surface area (Å²) in [4.78, 5) is 9.09. The van der Waals surface area contributed by atoms with Crippen LogP contribution in [0.4, 0.5) is 13.2 Å². The standard InChI is InChI=1S/C20H27F3N4O/c1-14(17-24-18(25-28-17)19(2,3)4)27-11-9-26(10-12-27)13-15-5-7-16(8-6-15)20(21,22)23/h5-8,14H,9-13H2,1-4H3. The van der Waals surface area contributed by atoms with E-state index in [1.165, 1.54) is 0 Å². The first kappa shape index (κ1) is 20.8. The van der Waals surface area contributed by atoms with Gasteiger partial charge in [0.05, 0.1) is 11.6 Å². The van der Waals surface area contributed by atoms with Gasteiger partial charge < -0.3 is 4.52 Å². The Morgan fingerprint density at radius 2 is 1.64 bits per heavy atom. The topological polar surface area (TPSA) is 45.4 Å². The first-order chi connectivity index (χ1) is 13.0. The normalized spacial score (nSPS) is 18.4. The average molecular weight is 396 g/mol. The second-order valence-electron chi connectivity index (χ2n) is 8.39. The maximum Gasteiger partial charge on any atom is 0.416 e. The number of halogens is 3. The summed E-state index contributed by atoms with van der Waals surface area (Å²) < 4.78 is 43.5. The molecule has 1 saturated heterocycles. The highest BCUT2D eigenvalue weighted by atomic mass is 19.4. The molecule has 0 aliphatic carbocycles. The Kier molecular flexibility index (Phi) is 5.82. The summed E-state index contributed by atoms with van der Waals surface area (Å²) in [7, 11) is 0. The molecule has 1 fully saturated rings. The van der Waals surface area contributed by atoms with Gasteiger partial charge in [0.15, 0.2) is 5.82 Å². The molecule has 0 saturated carbocycles. The van der Waals surface area contributed by atoms with Crippen molar-refractivity contribution in [2.75, 3.05) is 26.2 Å². The van der Waals surface area contributed by atoms with Crippen molar-refractivity contribution >= 4 is 0 Å². The van der Waals surface area contributed by atoms with Crippen LogP contribution in [-0.2, 0) is 18.1 Å². The van der Waals surface area contributed by atoms with Crippen molar-refractivity contribution in [3.63, 3.8) is 0 Å². The zero-order chi connectivity index (χ0) is 20.5. The molecule has 2 aromatic rings. The number of hydrogen-bond donors (Lipinski definition) is 0. The molecule has 28 heavy (non-hydrogen) atoms. The lowest BCUT2D eigenvalue weighted by atomic mass is 9.96. The highest BCUT2D eigenvalue weighted by molar-refractivity contribution is 5.24. The molecule has 1 aromatic carbocycles. The third kappa shape index (κ3) is 4.91. The van der Waals surface area contributed by atoms with Crippen LogP contribution in [0.2, 0.25) is 0 Å². The lowest BCUT2D eigenvalue weighted by Crippen LogP contribution is -2.46. The fourth-order valence-corrected chi connectivity index (χ4v) is 3.23. The molecule has 3 rings (SSSR count). The molecule has 2 heterocycles. The minimum absolute atomic E-state index is 0.0387. The molecule has 5 nitrogen and oxygen atoms in total. The third-order valence-corrected chi connectivity index (χ3v) is 5.11. The van der Waals surface area contributed by atoms with Gasteiger partial charge in [0, 0.05) is 38.1 Å². The summed E-state index contributed by atoms with van der Waals surface area (Å²) in [5.74, 6) is 1.33. The zero-order valence-electron chi connectivity index (χ0n) is 16.8. The van der Waals surface area contributed by atoms with Crippen LogP contribution < -0.4 is 0 Å². The van der Waals surface area contributed by atoms with Gasteiger partial charge in [-0.2, -0.15) is 18.2 Å². The molecule has 0 radical (unpaired) electrons. The molecule has 0 spiro atoms. The summed E-state index contributed by atoms with van der Waals surface area (Å²) in [6, 6.07) is 5.46. The van der Waals surface area contributed by atoms with Gasteiger partial charge in [0.2, 0.25) is 5.89 Å². The van der Waals surface area contributed by atoms with E-state index in [4.69, 9.17) is 4.52 Å². The summed E-state index contributed by atoms with van der Waals surface area (Å²) in [5.41, 5.74) is 0.132. The monoisotopic (exact) mass is 396 g/mol. The third-order valence-electron chi connectivity index (χ3n) is 5.11. The van der Waals surface area contributed by atoms with E-state index in [1.807, 2.05) is 20.8 Å². The lowest BCUT2D eigenvalue weighted by molar-refractivity contribution is -0.137. The van der Waals surface area contributed by atoms with Crippen LogP contribution in [0.3, 0.4) is 0 Å². The molecular formula is C20H27F3N4O. The van der Waals surface area contributed by atoms with E-state index in [1.54, 1.807) is 12.1 Å². The van der Waals surface area contributed by atoms with Gasteiger partial charge in [-0.15, -0.1) is 0 Å². The fraction of sp³-hybridized carbons (Fsp3) is 0.600. The van der Waals surface area contributed by atoms with Crippen LogP contribution >= 0.6 is 0 Å². The van der Waals surface area contributed by atoms with Gasteiger partial charge in [-0.25, -0.2) is 0 Å². The molecule has 1 aromatic heterocycles. The average Bonchev–Trinajstić information content (AvgIpc) is 3.12. The van der Waals surface area contributed by atoms with E-state index in [0.29, 0.717) is 18.3 Å². The van der Waals surface area contributed by atoms with E-state index in [2.05, 4.69) is 26.9 Å². The maximum absolute atomic E-state index is 12.7. The Labute approximate surface area is 163 Å². The Morgan fingerprint density at radius 3 is 2.14 bits per heavy atom. The maximum atomic E-state index is 12.7. The highest BCUT2D eigenvalue weighted by Gasteiger charge is 2.30. The zero-order valence-corrected chi connectivity index (χ0v) is 16.8. The van der Waals surface area contributed by atoms with Crippen molar-refractivity contribution in [3.8, 4) is 0 Å². The van der Waals surface area contributed by atoms with Gasteiger partial charge in [-0.05, 0) is 24.6 Å². The lowest BCUT2D eigenvalue weighted by Gasteiger charge is -2.36. The van der Waals surface area contributed by atoms with Crippen LogP contribution in [0.15, 0.2) is 28.8 Å². The Hall–Kier alpha value is -1.93. The second-order valence-corrected chi connectivity index (χ2v) is 8.39. The van der Waals surface area contributed by atoms with Crippen LogP contribution in [0.1, 0.15) is 56.6 Å². The van der Waals surface area contributed by atoms with Gasteiger partial charge in [-0.1, -0.05) is 38.1 Å². The van der Waals surface area contributed by atoms with Crippen LogP contribution in [-0.4, -0.2) is 46.1 Å². The van der Waals surface area contributed by atoms with Crippen molar-refractivity contribution in [1.29, 1.82) is 0 Å². The minimum atomic E-state index is -4.29. The summed E-state index contributed by atoms with van der Waals surface area (Å²) in [6.07, 6.45) is -4.29. The molecule has 154 valence electrons. The first-order valence-electron chi connectivity index (χ1n) is 9.50. The minimum Gasteiger partial charge on any atom is -0.338 e. The smallest absolute Gasteiger partial charge is 0.338 e. The van der Waals surface area contributed by atoms with Crippen molar-refractivity contribution in [1.82, 2.24) is 19.9 Å². The predicted molar refractivity (Wildman–Crippen MR) is 99.7 cm³/mol. The quantitative estimate of drug-likeness (QED) is 0.773. The van der Waals surface area contributed by atoms with E-state index in [9.17, 15) is 13.2 Å². The largest absolute Gasteiger partial charge is 0.416 e. The Bertz CT molecular complexity index is 772. The Morgan fingerprint density at radius 1 is 1.04 bits per heavy atom. The summed E-state index contributed by atoms with van der Waals surface area (Å²) in [6.45, 7) is 12.2. The molecule has 1 atom stereocenters.